The van der Waals surface area contributed by atoms with E-state index in [-0.39, 0.29) is 12.5 Å². The first-order valence-electron chi connectivity index (χ1n) is 4.73. The van der Waals surface area contributed by atoms with Gasteiger partial charge in [0.25, 0.3) is 0 Å². The second-order valence-corrected chi connectivity index (χ2v) is 3.58. The summed E-state index contributed by atoms with van der Waals surface area (Å²) in [6.45, 7) is 3.73. The van der Waals surface area contributed by atoms with Gasteiger partial charge in [-0.25, -0.2) is 4.79 Å². The summed E-state index contributed by atoms with van der Waals surface area (Å²) in [6, 6.07) is 0. The normalized spacial score (nSPS) is 20.7. The van der Waals surface area contributed by atoms with Crippen LogP contribution in [0.5, 0.6) is 0 Å². The number of hydrogen-bond acceptors (Lipinski definition) is 3. The maximum atomic E-state index is 11.5. The summed E-state index contributed by atoms with van der Waals surface area (Å²) in [6.07, 6.45) is 0.481. The number of nitrogens with zero attached hydrogens (tertiary/aromatic N) is 1. The molecule has 5 nitrogen and oxygen atoms in total. The van der Waals surface area contributed by atoms with E-state index in [1.54, 1.807) is 4.90 Å². The number of rotatable bonds is 2. The molecule has 1 N–H and O–H groups in total. The molecule has 2 amide bonds. The van der Waals surface area contributed by atoms with Crippen LogP contribution < -0.4 is 5.32 Å². The molecule has 1 heterocycles. The van der Waals surface area contributed by atoms with E-state index in [9.17, 15) is 9.59 Å². The summed E-state index contributed by atoms with van der Waals surface area (Å²) in [4.78, 5) is 23.9. The number of carbonyl (C=O) groups excluding carboxylic acids is 2. The van der Waals surface area contributed by atoms with Gasteiger partial charge >= 0.3 is 6.09 Å². The van der Waals surface area contributed by atoms with Gasteiger partial charge in [0.15, 0.2) is 0 Å². The highest BCUT2D eigenvalue weighted by molar-refractivity contribution is 5.82. The molecule has 0 bridgehead atoms. The maximum Gasteiger partial charge on any atom is 0.407 e. The molecule has 0 aromatic heterocycles. The number of alkyl carbamates (subject to hydrolysis) is 1. The molecule has 0 aliphatic carbocycles. The number of amides is 2. The van der Waals surface area contributed by atoms with E-state index in [0.717, 1.165) is 19.5 Å². The molecule has 5 heteroatoms. The van der Waals surface area contributed by atoms with Gasteiger partial charge in [0, 0.05) is 13.1 Å². The third-order valence-electron chi connectivity index (χ3n) is 2.35. The van der Waals surface area contributed by atoms with E-state index in [4.69, 9.17) is 0 Å². The summed E-state index contributed by atoms with van der Waals surface area (Å²) < 4.78 is 4.36. The van der Waals surface area contributed by atoms with E-state index in [1.807, 2.05) is 0 Å². The Hall–Kier alpha value is -1.26. The molecule has 0 radical (unpaired) electrons. The van der Waals surface area contributed by atoms with Gasteiger partial charge in [-0.15, -0.1) is 0 Å². The average Bonchev–Trinajstić information content (AvgIpc) is 2.60. The van der Waals surface area contributed by atoms with Crippen molar-refractivity contribution < 1.29 is 14.3 Å². The number of methoxy groups -OCH3 is 1. The van der Waals surface area contributed by atoms with Crippen molar-refractivity contribution in [3.8, 4) is 0 Å². The van der Waals surface area contributed by atoms with E-state index >= 15 is 0 Å². The lowest BCUT2D eigenvalue weighted by molar-refractivity contribution is -0.129. The van der Waals surface area contributed by atoms with E-state index in [0.29, 0.717) is 5.92 Å². The van der Waals surface area contributed by atoms with Crippen LogP contribution in [0.4, 0.5) is 4.79 Å². The van der Waals surface area contributed by atoms with Crippen molar-refractivity contribution >= 4 is 12.0 Å². The zero-order chi connectivity index (χ0) is 10.6. The highest BCUT2D eigenvalue weighted by Gasteiger charge is 2.22. The highest BCUT2D eigenvalue weighted by Crippen LogP contribution is 2.14. The second-order valence-electron chi connectivity index (χ2n) is 3.58. The Kier molecular flexibility index (Phi) is 3.73. The Bertz CT molecular complexity index is 230. The first-order valence-corrected chi connectivity index (χ1v) is 4.73. The van der Waals surface area contributed by atoms with Crippen LogP contribution in [0.25, 0.3) is 0 Å². The first-order chi connectivity index (χ1) is 6.63. The van der Waals surface area contributed by atoms with Gasteiger partial charge in [-0.2, -0.15) is 0 Å². The Morgan fingerprint density at radius 3 is 2.79 bits per heavy atom. The molecule has 80 valence electrons. The Balaban J connectivity index is 2.25. The summed E-state index contributed by atoms with van der Waals surface area (Å²) in [5, 5.41) is 2.37. The lowest BCUT2D eigenvalue weighted by atomic mass is 10.2. The van der Waals surface area contributed by atoms with Gasteiger partial charge in [-0.1, -0.05) is 6.92 Å². The predicted octanol–water partition coefficient (Wildman–Crippen LogP) is 0.211. The Labute approximate surface area is 83.4 Å². The summed E-state index contributed by atoms with van der Waals surface area (Å²) >= 11 is 0. The highest BCUT2D eigenvalue weighted by atomic mass is 16.5. The average molecular weight is 200 g/mol. The van der Waals surface area contributed by atoms with Gasteiger partial charge in [0.1, 0.15) is 6.54 Å². The molecule has 1 atom stereocenters. The Morgan fingerprint density at radius 2 is 2.29 bits per heavy atom. The zero-order valence-electron chi connectivity index (χ0n) is 8.58. The first kappa shape index (κ1) is 10.8. The molecular weight excluding hydrogens is 184 g/mol. The van der Waals surface area contributed by atoms with Crippen molar-refractivity contribution in [1.82, 2.24) is 10.2 Å². The molecule has 1 unspecified atom stereocenters. The third kappa shape index (κ3) is 2.90. The number of ether oxygens (including phenoxy) is 1. The molecule has 14 heavy (non-hydrogen) atoms. The fourth-order valence-corrected chi connectivity index (χ4v) is 1.49. The van der Waals surface area contributed by atoms with E-state index in [2.05, 4.69) is 17.0 Å². The van der Waals surface area contributed by atoms with Crippen LogP contribution in [-0.2, 0) is 9.53 Å². The van der Waals surface area contributed by atoms with Crippen molar-refractivity contribution in [3.63, 3.8) is 0 Å². The van der Waals surface area contributed by atoms with Crippen LogP contribution in [-0.4, -0.2) is 43.6 Å². The number of likely N-dealkylation sites (tertiary alicyclic amines) is 1. The molecule has 1 fully saturated rings. The van der Waals surface area contributed by atoms with Crippen molar-refractivity contribution in [2.24, 2.45) is 5.92 Å². The smallest absolute Gasteiger partial charge is 0.407 e. The largest absolute Gasteiger partial charge is 0.453 e. The van der Waals surface area contributed by atoms with Gasteiger partial charge in [0.05, 0.1) is 7.11 Å². The minimum Gasteiger partial charge on any atom is -0.453 e. The van der Waals surface area contributed by atoms with Gasteiger partial charge in [-0.05, 0) is 12.3 Å². The second kappa shape index (κ2) is 4.83. The van der Waals surface area contributed by atoms with E-state index in [1.165, 1.54) is 7.11 Å². The number of hydrogen-bond donors (Lipinski definition) is 1. The third-order valence-corrected chi connectivity index (χ3v) is 2.35. The Morgan fingerprint density at radius 1 is 1.57 bits per heavy atom. The molecule has 1 rings (SSSR count). The standard InChI is InChI=1S/C9H16N2O3/c1-7-3-4-11(6-7)8(12)5-10-9(13)14-2/h7H,3-6H2,1-2H3,(H,10,13). The van der Waals surface area contributed by atoms with Gasteiger partial charge < -0.3 is 15.0 Å². The lowest BCUT2D eigenvalue weighted by Crippen LogP contribution is -2.38. The SMILES string of the molecule is COC(=O)NCC(=O)N1CCC(C)C1. The van der Waals surface area contributed by atoms with Crippen molar-refractivity contribution in [3.05, 3.63) is 0 Å². The van der Waals surface area contributed by atoms with Crippen LogP contribution in [0.2, 0.25) is 0 Å². The maximum absolute atomic E-state index is 11.5. The summed E-state index contributed by atoms with van der Waals surface area (Å²) in [5.41, 5.74) is 0. The zero-order valence-corrected chi connectivity index (χ0v) is 8.58. The minimum absolute atomic E-state index is 0.0272. The lowest BCUT2D eigenvalue weighted by Gasteiger charge is -2.15. The molecule has 1 aliphatic heterocycles. The fraction of sp³-hybridized carbons (Fsp3) is 0.778. The van der Waals surface area contributed by atoms with E-state index < -0.39 is 6.09 Å². The quantitative estimate of drug-likeness (QED) is 0.693. The number of nitrogens with one attached hydrogen (secondary N) is 1. The van der Waals surface area contributed by atoms with Crippen molar-refractivity contribution in [2.75, 3.05) is 26.7 Å². The van der Waals surface area contributed by atoms with Gasteiger partial charge in [0.2, 0.25) is 5.91 Å². The van der Waals surface area contributed by atoms with Gasteiger partial charge in [-0.3, -0.25) is 4.79 Å². The van der Waals surface area contributed by atoms with Crippen LogP contribution in [0.15, 0.2) is 0 Å². The monoisotopic (exact) mass is 200 g/mol. The molecule has 1 saturated heterocycles. The predicted molar refractivity (Wildman–Crippen MR) is 50.8 cm³/mol. The topological polar surface area (TPSA) is 58.6 Å². The molecule has 0 saturated carbocycles. The van der Waals surface area contributed by atoms with Crippen molar-refractivity contribution in [1.29, 1.82) is 0 Å². The van der Waals surface area contributed by atoms with Crippen LogP contribution in [0.3, 0.4) is 0 Å². The molecule has 0 aromatic rings. The molecule has 1 aliphatic rings. The minimum atomic E-state index is -0.564. The van der Waals surface area contributed by atoms with Crippen LogP contribution >= 0.6 is 0 Å². The van der Waals surface area contributed by atoms with Crippen LogP contribution in [0, 0.1) is 5.92 Å². The fourth-order valence-electron chi connectivity index (χ4n) is 1.49. The molecular formula is C9H16N2O3. The van der Waals surface area contributed by atoms with Crippen molar-refractivity contribution in [2.45, 2.75) is 13.3 Å². The number of carbonyl (C=O) groups is 2. The molecule has 0 aromatic carbocycles. The summed E-state index contributed by atoms with van der Waals surface area (Å²) in [7, 11) is 1.28. The molecule has 0 spiro atoms. The van der Waals surface area contributed by atoms with Crippen LogP contribution in [0.1, 0.15) is 13.3 Å². The summed E-state index contributed by atoms with van der Waals surface area (Å²) in [5.74, 6) is 0.525.